The molecule has 1 N–H and O–H groups in total. The minimum Gasteiger partial charge on any atom is -0.351 e. The molecule has 0 fully saturated rings. The van der Waals surface area contributed by atoms with E-state index in [9.17, 15) is 4.79 Å². The molecule has 4 rings (SSSR count). The second-order valence-electron chi connectivity index (χ2n) is 7.49. The molecule has 152 valence electrons. The molecule has 2 aromatic heterocycles. The van der Waals surface area contributed by atoms with Gasteiger partial charge in [0, 0.05) is 18.5 Å². The van der Waals surface area contributed by atoms with E-state index < -0.39 is 0 Å². The summed E-state index contributed by atoms with van der Waals surface area (Å²) in [5.41, 5.74) is 2.58. The molecule has 0 saturated carbocycles. The van der Waals surface area contributed by atoms with Crippen LogP contribution < -0.4 is 5.32 Å². The Balaban J connectivity index is 1.36. The Labute approximate surface area is 179 Å². The van der Waals surface area contributed by atoms with Gasteiger partial charge in [-0.1, -0.05) is 55.4 Å². The van der Waals surface area contributed by atoms with Gasteiger partial charge in [-0.15, -0.1) is 21.5 Å². The summed E-state index contributed by atoms with van der Waals surface area (Å²) in [6.07, 6.45) is 4.91. The summed E-state index contributed by atoms with van der Waals surface area (Å²) in [6.45, 7) is 2.83. The van der Waals surface area contributed by atoms with E-state index in [0.717, 1.165) is 22.5 Å². The summed E-state index contributed by atoms with van der Waals surface area (Å²) in [4.78, 5) is 14.9. The second kappa shape index (κ2) is 9.13. The molecular weight excluding hydrogens is 400 g/mol. The number of rotatable bonds is 7. The molecule has 0 bridgehead atoms. The van der Waals surface area contributed by atoms with E-state index in [-0.39, 0.29) is 5.91 Å². The zero-order valence-corrected chi connectivity index (χ0v) is 18.5. The Morgan fingerprint density at radius 3 is 2.93 bits per heavy atom. The van der Waals surface area contributed by atoms with Crippen molar-refractivity contribution in [2.45, 2.75) is 44.3 Å². The number of hydrogen-bond donors (Lipinski definition) is 1. The van der Waals surface area contributed by atoms with E-state index in [4.69, 9.17) is 0 Å². The summed E-state index contributed by atoms with van der Waals surface area (Å²) >= 11 is 3.27. The monoisotopic (exact) mass is 426 g/mol. The molecule has 0 saturated heterocycles. The predicted octanol–water partition coefficient (Wildman–Crippen LogP) is 4.47. The number of aromatic nitrogens is 3. The fourth-order valence-corrected chi connectivity index (χ4v) is 5.66. The maximum atomic E-state index is 12.2. The van der Waals surface area contributed by atoms with Crippen LogP contribution >= 0.6 is 23.1 Å². The van der Waals surface area contributed by atoms with Gasteiger partial charge in [-0.3, -0.25) is 4.79 Å². The van der Waals surface area contributed by atoms with Crippen molar-refractivity contribution < 1.29 is 4.79 Å². The number of hydrogen-bond acceptors (Lipinski definition) is 5. The minimum atomic E-state index is 0.000554. The van der Waals surface area contributed by atoms with Crippen LogP contribution in [0.5, 0.6) is 0 Å². The highest BCUT2D eigenvalue weighted by Gasteiger charge is 2.22. The third-order valence-corrected chi connectivity index (χ3v) is 7.74. The van der Waals surface area contributed by atoms with E-state index in [1.54, 1.807) is 0 Å². The Kier molecular flexibility index (Phi) is 6.35. The quantitative estimate of drug-likeness (QED) is 0.567. The molecular formula is C22H26N4OS2. The van der Waals surface area contributed by atoms with Crippen LogP contribution in [0.3, 0.4) is 0 Å². The number of fused-ring (bicyclic) bond motifs is 1. The van der Waals surface area contributed by atoms with Crippen LogP contribution in [0.2, 0.25) is 0 Å². The first-order chi connectivity index (χ1) is 14.1. The van der Waals surface area contributed by atoms with E-state index in [1.807, 2.05) is 53.3 Å². The van der Waals surface area contributed by atoms with Crippen molar-refractivity contribution >= 4 is 29.0 Å². The lowest BCUT2D eigenvalue weighted by atomic mass is 9.87. The van der Waals surface area contributed by atoms with Crippen LogP contribution in [-0.4, -0.2) is 26.4 Å². The van der Waals surface area contributed by atoms with Gasteiger partial charge in [-0.2, -0.15) is 0 Å². The molecule has 3 aromatic rings. The van der Waals surface area contributed by atoms with E-state index in [0.29, 0.717) is 12.3 Å². The van der Waals surface area contributed by atoms with Crippen molar-refractivity contribution in [2.24, 2.45) is 13.0 Å². The van der Waals surface area contributed by atoms with Crippen LogP contribution in [0, 0.1) is 5.92 Å². The molecule has 1 atom stereocenters. The van der Waals surface area contributed by atoms with Crippen LogP contribution in [0.15, 0.2) is 41.6 Å². The lowest BCUT2D eigenvalue weighted by Crippen LogP contribution is -2.24. The fraction of sp³-hybridized carbons (Fsp3) is 0.409. The molecule has 1 amide bonds. The van der Waals surface area contributed by atoms with Crippen molar-refractivity contribution in [1.82, 2.24) is 20.1 Å². The number of benzene rings is 1. The van der Waals surface area contributed by atoms with Gasteiger partial charge in [0.15, 0.2) is 11.0 Å². The third kappa shape index (κ3) is 4.73. The largest absolute Gasteiger partial charge is 0.351 e. The number of thioether (sulfide) groups is 1. The molecule has 1 aliphatic rings. The number of aryl methyl sites for hydroxylation is 1. The number of nitrogens with one attached hydrogen (secondary N) is 1. The maximum Gasteiger partial charge on any atom is 0.230 e. The van der Waals surface area contributed by atoms with Crippen molar-refractivity contribution in [3.63, 3.8) is 0 Å². The minimum absolute atomic E-state index is 0.000554. The molecule has 7 heteroatoms. The predicted molar refractivity (Wildman–Crippen MR) is 119 cm³/mol. The van der Waals surface area contributed by atoms with Crippen molar-refractivity contribution in [3.05, 3.63) is 52.4 Å². The number of amides is 1. The number of nitrogens with zero attached hydrogens (tertiary/aromatic N) is 3. The van der Waals surface area contributed by atoms with Gasteiger partial charge >= 0.3 is 0 Å². The van der Waals surface area contributed by atoms with Crippen molar-refractivity contribution in [1.29, 1.82) is 0 Å². The summed E-state index contributed by atoms with van der Waals surface area (Å²) in [5.74, 6) is 2.04. The van der Waals surface area contributed by atoms with Crippen LogP contribution in [0.4, 0.5) is 0 Å². The summed E-state index contributed by atoms with van der Waals surface area (Å²) in [7, 11) is 1.98. The van der Waals surface area contributed by atoms with Gasteiger partial charge in [-0.05, 0) is 42.4 Å². The van der Waals surface area contributed by atoms with E-state index >= 15 is 0 Å². The summed E-state index contributed by atoms with van der Waals surface area (Å²) in [5, 5.41) is 12.5. The van der Waals surface area contributed by atoms with Gasteiger partial charge in [0.1, 0.15) is 0 Å². The van der Waals surface area contributed by atoms with Crippen LogP contribution in [0.1, 0.15) is 35.8 Å². The van der Waals surface area contributed by atoms with Crippen molar-refractivity contribution in [3.8, 4) is 10.7 Å². The standard InChI is InChI=1S/C22H26N4OS2/c1-3-15-9-10-18-17(11-15)12-19(29-18)21-24-25-22(26(21)2)28-14-20(27)23-13-16-7-5-4-6-8-16/h4-8,12,15H,3,9-11,13-14H2,1-2H3,(H,23,27). The first-order valence-corrected chi connectivity index (χ1v) is 11.9. The first kappa shape index (κ1) is 20.2. The maximum absolute atomic E-state index is 12.2. The Bertz CT molecular complexity index is 980. The van der Waals surface area contributed by atoms with Gasteiger partial charge in [0.25, 0.3) is 0 Å². The second-order valence-corrected chi connectivity index (χ2v) is 9.57. The first-order valence-electron chi connectivity index (χ1n) is 10.1. The average molecular weight is 427 g/mol. The molecule has 0 radical (unpaired) electrons. The summed E-state index contributed by atoms with van der Waals surface area (Å²) < 4.78 is 2.00. The molecule has 2 heterocycles. The highest BCUT2D eigenvalue weighted by Crippen LogP contribution is 2.37. The van der Waals surface area contributed by atoms with Gasteiger partial charge in [-0.25, -0.2) is 0 Å². The Hall–Kier alpha value is -2.12. The molecule has 5 nitrogen and oxygen atoms in total. The normalized spacial score (nSPS) is 15.9. The van der Waals surface area contributed by atoms with Crippen LogP contribution in [0.25, 0.3) is 10.7 Å². The Morgan fingerprint density at radius 1 is 1.31 bits per heavy atom. The topological polar surface area (TPSA) is 59.8 Å². The smallest absolute Gasteiger partial charge is 0.230 e. The average Bonchev–Trinajstić information content (AvgIpc) is 3.33. The SMILES string of the molecule is CCC1CCc2sc(-c3nnc(SCC(=O)NCc4ccccc4)n3C)cc2C1. The van der Waals surface area contributed by atoms with Crippen LogP contribution in [-0.2, 0) is 31.2 Å². The molecule has 1 aromatic carbocycles. The van der Waals surface area contributed by atoms with E-state index in [1.165, 1.54) is 52.8 Å². The zero-order valence-electron chi connectivity index (χ0n) is 16.9. The highest BCUT2D eigenvalue weighted by atomic mass is 32.2. The molecule has 29 heavy (non-hydrogen) atoms. The molecule has 0 aliphatic heterocycles. The van der Waals surface area contributed by atoms with Crippen molar-refractivity contribution in [2.75, 3.05) is 5.75 Å². The zero-order chi connectivity index (χ0) is 20.2. The number of carbonyl (C=O) groups excluding carboxylic acids is 1. The molecule has 1 aliphatic carbocycles. The van der Waals surface area contributed by atoms with E-state index in [2.05, 4.69) is 28.5 Å². The Morgan fingerprint density at radius 2 is 2.14 bits per heavy atom. The summed E-state index contributed by atoms with van der Waals surface area (Å²) in [6, 6.07) is 12.2. The number of thiophene rings is 1. The molecule has 1 unspecified atom stereocenters. The highest BCUT2D eigenvalue weighted by molar-refractivity contribution is 7.99. The molecule has 0 spiro atoms. The third-order valence-electron chi connectivity index (χ3n) is 5.48. The van der Waals surface area contributed by atoms with Gasteiger partial charge in [0.05, 0.1) is 10.6 Å². The number of carbonyl (C=O) groups is 1. The lowest BCUT2D eigenvalue weighted by Gasteiger charge is -2.19. The van der Waals surface area contributed by atoms with Gasteiger partial charge in [0.2, 0.25) is 5.91 Å². The fourth-order valence-electron chi connectivity index (χ4n) is 3.69. The lowest BCUT2D eigenvalue weighted by molar-refractivity contribution is -0.118. The van der Waals surface area contributed by atoms with Gasteiger partial charge < -0.3 is 9.88 Å².